The Morgan fingerprint density at radius 2 is 1.76 bits per heavy atom. The van der Waals surface area contributed by atoms with Crippen LogP contribution in [0.25, 0.3) is 0 Å². The Balaban J connectivity index is 1.49. The lowest BCUT2D eigenvalue weighted by Crippen LogP contribution is -2.23. The van der Waals surface area contributed by atoms with Crippen molar-refractivity contribution in [2.45, 2.75) is 26.3 Å². The lowest BCUT2D eigenvalue weighted by Gasteiger charge is -2.17. The van der Waals surface area contributed by atoms with Crippen molar-refractivity contribution in [3.8, 4) is 11.5 Å². The number of alkyl halides is 3. The number of aliphatic carboxylic acids is 1. The summed E-state index contributed by atoms with van der Waals surface area (Å²) in [7, 11) is 0. The molecule has 0 aromatic heterocycles. The summed E-state index contributed by atoms with van der Waals surface area (Å²) in [5, 5.41) is 8.74. The van der Waals surface area contributed by atoms with Crippen LogP contribution in [0, 0.1) is 6.92 Å². The van der Waals surface area contributed by atoms with Gasteiger partial charge in [0.15, 0.2) is 6.61 Å². The summed E-state index contributed by atoms with van der Waals surface area (Å²) in [5.41, 5.74) is 2.22. The monoisotopic (exact) mass is 471 g/mol. The Labute approximate surface area is 193 Å². The van der Waals surface area contributed by atoms with Crippen LogP contribution in [-0.4, -0.2) is 23.6 Å². The van der Waals surface area contributed by atoms with Crippen LogP contribution in [0.3, 0.4) is 0 Å². The van der Waals surface area contributed by atoms with E-state index < -0.39 is 24.3 Å². The Bertz CT molecular complexity index is 1240. The number of ether oxygens (including phenoxy) is 2. The highest BCUT2D eigenvalue weighted by molar-refractivity contribution is 6.11. The smallest absolute Gasteiger partial charge is 0.416 e. The Morgan fingerprint density at radius 1 is 1.03 bits per heavy atom. The predicted molar refractivity (Wildman–Crippen MR) is 117 cm³/mol. The zero-order valence-electron chi connectivity index (χ0n) is 18.1. The largest absolute Gasteiger partial charge is 0.488 e. The summed E-state index contributed by atoms with van der Waals surface area (Å²) in [4.78, 5) is 25.2. The van der Waals surface area contributed by atoms with Gasteiger partial charge in [0.05, 0.1) is 17.7 Å². The number of benzene rings is 3. The minimum absolute atomic E-state index is 0.157. The summed E-state index contributed by atoms with van der Waals surface area (Å²) in [5.74, 6) is -0.589. The molecule has 1 aliphatic rings. The maximum atomic E-state index is 13.1. The second-order valence-corrected chi connectivity index (χ2v) is 7.80. The van der Waals surface area contributed by atoms with Crippen molar-refractivity contribution in [1.82, 2.24) is 0 Å². The van der Waals surface area contributed by atoms with E-state index in [1.54, 1.807) is 43.3 Å². The third kappa shape index (κ3) is 4.83. The Hall–Kier alpha value is -4.01. The fraction of sp³-hybridized carbons (Fsp3) is 0.200. The van der Waals surface area contributed by atoms with Gasteiger partial charge < -0.3 is 19.5 Å². The normalized spacial score (nSPS) is 13.1. The van der Waals surface area contributed by atoms with E-state index in [1.807, 2.05) is 0 Å². The number of halogens is 3. The number of fused-ring (bicyclic) bond motifs is 1. The number of carbonyl (C=O) groups is 2. The second kappa shape index (κ2) is 9.09. The highest BCUT2D eigenvalue weighted by atomic mass is 19.4. The third-order valence-electron chi connectivity index (χ3n) is 5.39. The molecule has 3 aromatic rings. The Morgan fingerprint density at radius 3 is 2.41 bits per heavy atom. The van der Waals surface area contributed by atoms with Crippen molar-refractivity contribution in [1.29, 1.82) is 0 Å². The predicted octanol–water partition coefficient (Wildman–Crippen LogP) is 5.22. The van der Waals surface area contributed by atoms with Gasteiger partial charge in [-0.2, -0.15) is 13.2 Å². The fourth-order valence-corrected chi connectivity index (χ4v) is 3.75. The number of hydrogen-bond acceptors (Lipinski definition) is 4. The van der Waals surface area contributed by atoms with Crippen molar-refractivity contribution in [2.75, 3.05) is 11.5 Å². The van der Waals surface area contributed by atoms with Crippen molar-refractivity contribution in [2.24, 2.45) is 0 Å². The number of carboxylic acid groups (broad SMARTS) is 1. The van der Waals surface area contributed by atoms with Crippen LogP contribution < -0.4 is 14.4 Å². The average Bonchev–Trinajstić information content (AvgIpc) is 3.13. The van der Waals surface area contributed by atoms with Crippen LogP contribution >= 0.6 is 0 Å². The molecule has 0 bridgehead atoms. The molecule has 6 nitrogen and oxygen atoms in total. The number of nitrogens with zero attached hydrogens (tertiary/aromatic N) is 1. The van der Waals surface area contributed by atoms with Crippen molar-refractivity contribution >= 4 is 17.6 Å². The molecule has 0 saturated carbocycles. The molecule has 4 rings (SSSR count). The summed E-state index contributed by atoms with van der Waals surface area (Å²) in [6, 6.07) is 14.9. The lowest BCUT2D eigenvalue weighted by atomic mass is 10.1. The number of aryl methyl sites for hydroxylation is 1. The third-order valence-corrected chi connectivity index (χ3v) is 5.39. The number of amides is 1. The molecule has 3 aromatic carbocycles. The van der Waals surface area contributed by atoms with Crippen LogP contribution in [0.2, 0.25) is 0 Å². The summed E-state index contributed by atoms with van der Waals surface area (Å²) >= 11 is 0. The van der Waals surface area contributed by atoms with Gasteiger partial charge in [-0.15, -0.1) is 0 Å². The van der Waals surface area contributed by atoms with Crippen LogP contribution in [-0.2, 0) is 24.1 Å². The van der Waals surface area contributed by atoms with E-state index in [0.717, 1.165) is 28.8 Å². The first kappa shape index (κ1) is 23.2. The van der Waals surface area contributed by atoms with E-state index in [0.29, 0.717) is 22.7 Å². The maximum Gasteiger partial charge on any atom is 0.416 e. The average molecular weight is 471 g/mol. The van der Waals surface area contributed by atoms with Gasteiger partial charge in [0, 0.05) is 5.69 Å². The molecular formula is C25H20F3NO5. The highest BCUT2D eigenvalue weighted by Gasteiger charge is 2.33. The fourth-order valence-electron chi connectivity index (χ4n) is 3.75. The molecule has 1 N–H and O–H groups in total. The SMILES string of the molecule is Cc1cc(COc2cccc3c2C(=O)N(c2ccc(C(F)(F)F)cc2)C3)ccc1OCC(=O)O. The number of anilines is 1. The first-order valence-electron chi connectivity index (χ1n) is 10.3. The highest BCUT2D eigenvalue weighted by Crippen LogP contribution is 2.36. The first-order valence-corrected chi connectivity index (χ1v) is 10.3. The molecule has 0 unspecified atom stereocenters. The van der Waals surface area contributed by atoms with Crippen molar-refractivity contribution < 1.29 is 37.3 Å². The quantitative estimate of drug-likeness (QED) is 0.512. The second-order valence-electron chi connectivity index (χ2n) is 7.80. The summed E-state index contributed by atoms with van der Waals surface area (Å²) < 4.78 is 49.7. The minimum atomic E-state index is -4.45. The summed E-state index contributed by atoms with van der Waals surface area (Å²) in [6.45, 7) is 1.73. The zero-order chi connectivity index (χ0) is 24.5. The number of carbonyl (C=O) groups excluding carboxylic acids is 1. The van der Waals surface area contributed by atoms with Crippen LogP contribution in [0.4, 0.5) is 18.9 Å². The molecule has 0 radical (unpaired) electrons. The lowest BCUT2D eigenvalue weighted by molar-refractivity contribution is -0.139. The molecule has 0 atom stereocenters. The van der Waals surface area contributed by atoms with Gasteiger partial charge in [0.1, 0.15) is 18.1 Å². The molecule has 1 heterocycles. The van der Waals surface area contributed by atoms with Gasteiger partial charge in [0.2, 0.25) is 0 Å². The van der Waals surface area contributed by atoms with Crippen LogP contribution in [0.1, 0.15) is 32.6 Å². The molecule has 1 aliphatic heterocycles. The molecule has 9 heteroatoms. The molecule has 34 heavy (non-hydrogen) atoms. The molecule has 0 aliphatic carbocycles. The topological polar surface area (TPSA) is 76.1 Å². The van der Waals surface area contributed by atoms with Crippen LogP contribution in [0.15, 0.2) is 60.7 Å². The van der Waals surface area contributed by atoms with E-state index in [-0.39, 0.29) is 19.1 Å². The molecular weight excluding hydrogens is 451 g/mol. The van der Waals surface area contributed by atoms with Gasteiger partial charge in [-0.3, -0.25) is 4.79 Å². The molecule has 0 saturated heterocycles. The van der Waals surface area contributed by atoms with E-state index in [2.05, 4.69) is 0 Å². The van der Waals surface area contributed by atoms with Gasteiger partial charge in [-0.25, -0.2) is 4.79 Å². The van der Waals surface area contributed by atoms with Crippen molar-refractivity contribution in [3.63, 3.8) is 0 Å². The molecule has 0 fully saturated rings. The number of rotatable bonds is 7. The summed E-state index contributed by atoms with van der Waals surface area (Å²) in [6.07, 6.45) is -4.45. The standard InChI is InChI=1S/C25H20F3NO5/c1-15-11-16(5-10-20(15)34-14-22(30)31)13-33-21-4-2-3-17-12-29(24(32)23(17)21)19-8-6-18(7-9-19)25(26,27)28/h2-11H,12-14H2,1H3,(H,30,31). The maximum absolute atomic E-state index is 13.1. The number of hydrogen-bond donors (Lipinski definition) is 1. The number of carboxylic acids is 1. The van der Waals surface area contributed by atoms with Crippen LogP contribution in [0.5, 0.6) is 11.5 Å². The van der Waals surface area contributed by atoms with E-state index >= 15 is 0 Å². The first-order chi connectivity index (χ1) is 16.1. The Kier molecular flexibility index (Phi) is 6.19. The zero-order valence-corrected chi connectivity index (χ0v) is 18.1. The van der Waals surface area contributed by atoms with Gasteiger partial charge >= 0.3 is 12.1 Å². The van der Waals surface area contributed by atoms with Gasteiger partial charge in [0.25, 0.3) is 5.91 Å². The molecule has 1 amide bonds. The van der Waals surface area contributed by atoms with E-state index in [9.17, 15) is 22.8 Å². The minimum Gasteiger partial charge on any atom is -0.488 e. The van der Waals surface area contributed by atoms with E-state index in [1.165, 1.54) is 17.0 Å². The van der Waals surface area contributed by atoms with Gasteiger partial charge in [-0.05, 0) is 66.1 Å². The van der Waals surface area contributed by atoms with Gasteiger partial charge in [-0.1, -0.05) is 18.2 Å². The molecule has 176 valence electrons. The molecule has 0 spiro atoms. The van der Waals surface area contributed by atoms with E-state index in [4.69, 9.17) is 14.6 Å². The van der Waals surface area contributed by atoms with Crippen molar-refractivity contribution in [3.05, 3.63) is 88.5 Å².